The number of hydrogen-bond donors (Lipinski definition) is 1. The van der Waals surface area contributed by atoms with Gasteiger partial charge in [-0.2, -0.15) is 0 Å². The predicted molar refractivity (Wildman–Crippen MR) is 138 cm³/mol. The second kappa shape index (κ2) is 11.3. The zero-order chi connectivity index (χ0) is 26.5. The number of nitrogens with one attached hydrogen (secondary N) is 1. The first kappa shape index (κ1) is 25.9. The highest BCUT2D eigenvalue weighted by Crippen LogP contribution is 2.33. The number of carbonyl (C=O) groups is 3. The van der Waals surface area contributed by atoms with Crippen LogP contribution in [0.15, 0.2) is 66.9 Å². The Morgan fingerprint density at radius 3 is 2.51 bits per heavy atom. The highest BCUT2D eigenvalue weighted by molar-refractivity contribution is 5.94. The van der Waals surface area contributed by atoms with Crippen molar-refractivity contribution in [2.24, 2.45) is 0 Å². The molecule has 0 bridgehead atoms. The number of esters is 1. The molecule has 3 aromatic rings. The minimum absolute atomic E-state index is 0.142. The fourth-order valence-electron chi connectivity index (χ4n) is 4.50. The molecule has 3 amide bonds. The van der Waals surface area contributed by atoms with E-state index in [4.69, 9.17) is 4.74 Å². The number of aromatic nitrogens is 1. The first-order valence-electron chi connectivity index (χ1n) is 12.3. The van der Waals surface area contributed by atoms with Crippen LogP contribution in [-0.4, -0.2) is 58.0 Å². The molecule has 0 fully saturated rings. The maximum Gasteiger partial charge on any atom is 0.338 e. The third kappa shape index (κ3) is 5.82. The van der Waals surface area contributed by atoms with Gasteiger partial charge < -0.3 is 24.4 Å². The normalized spacial score (nSPS) is 14.7. The lowest BCUT2D eigenvalue weighted by Gasteiger charge is -2.39. The van der Waals surface area contributed by atoms with Crippen molar-refractivity contribution in [1.29, 1.82) is 0 Å². The number of benzene rings is 2. The molecule has 1 aliphatic rings. The van der Waals surface area contributed by atoms with Crippen LogP contribution in [0.25, 0.3) is 0 Å². The van der Waals surface area contributed by atoms with Crippen LogP contribution >= 0.6 is 0 Å². The molecule has 1 aromatic heterocycles. The topological polar surface area (TPSA) is 83.9 Å². The lowest BCUT2D eigenvalue weighted by atomic mass is 9.99. The van der Waals surface area contributed by atoms with Crippen LogP contribution in [0, 0.1) is 5.82 Å². The van der Waals surface area contributed by atoms with Gasteiger partial charge in [-0.3, -0.25) is 4.79 Å². The smallest absolute Gasteiger partial charge is 0.338 e. The Kier molecular flexibility index (Phi) is 7.91. The Bertz CT molecular complexity index is 1270. The zero-order valence-corrected chi connectivity index (χ0v) is 21.2. The average molecular weight is 507 g/mol. The first-order chi connectivity index (χ1) is 17.8. The third-order valence-electron chi connectivity index (χ3n) is 6.36. The second-order valence-electron chi connectivity index (χ2n) is 9.12. The SMILES string of the molecule is CCOC(=O)c1ccc(NC(=O)N(CC(=O)N2CCn3cccc3C2c2cccc(F)c2)C(C)C)cc1. The summed E-state index contributed by atoms with van der Waals surface area (Å²) in [5.41, 5.74) is 2.45. The van der Waals surface area contributed by atoms with Crippen molar-refractivity contribution in [3.63, 3.8) is 0 Å². The quantitative estimate of drug-likeness (QED) is 0.472. The minimum Gasteiger partial charge on any atom is -0.462 e. The van der Waals surface area contributed by atoms with E-state index in [0.717, 1.165) is 5.69 Å². The van der Waals surface area contributed by atoms with Gasteiger partial charge in [0.25, 0.3) is 0 Å². The van der Waals surface area contributed by atoms with E-state index in [1.54, 1.807) is 42.2 Å². The summed E-state index contributed by atoms with van der Waals surface area (Å²) in [6.45, 7) is 6.58. The summed E-state index contributed by atoms with van der Waals surface area (Å²) in [6, 6.07) is 15.3. The Morgan fingerprint density at radius 2 is 1.84 bits per heavy atom. The Morgan fingerprint density at radius 1 is 1.08 bits per heavy atom. The predicted octanol–water partition coefficient (Wildman–Crippen LogP) is 4.68. The number of urea groups is 1. The first-order valence-corrected chi connectivity index (χ1v) is 12.3. The monoisotopic (exact) mass is 506 g/mol. The van der Waals surface area contributed by atoms with Crippen LogP contribution in [0.4, 0.5) is 14.9 Å². The van der Waals surface area contributed by atoms with E-state index in [9.17, 15) is 18.8 Å². The maximum absolute atomic E-state index is 14.1. The molecule has 0 spiro atoms. The minimum atomic E-state index is -0.459. The van der Waals surface area contributed by atoms with Gasteiger partial charge in [-0.25, -0.2) is 14.0 Å². The molecular formula is C28H31FN4O4. The van der Waals surface area contributed by atoms with Crippen molar-refractivity contribution in [3.05, 3.63) is 89.5 Å². The molecule has 0 radical (unpaired) electrons. The van der Waals surface area contributed by atoms with Crippen LogP contribution in [-0.2, 0) is 16.1 Å². The van der Waals surface area contributed by atoms with Gasteiger partial charge in [0.2, 0.25) is 5.91 Å². The van der Waals surface area contributed by atoms with Crippen molar-refractivity contribution in [3.8, 4) is 0 Å². The molecule has 1 aliphatic heterocycles. The van der Waals surface area contributed by atoms with Gasteiger partial charge in [-0.05, 0) is 74.9 Å². The van der Waals surface area contributed by atoms with E-state index in [-0.39, 0.29) is 30.9 Å². The number of amides is 3. The number of rotatable bonds is 7. The van der Waals surface area contributed by atoms with E-state index in [1.807, 2.05) is 38.2 Å². The molecule has 0 saturated heterocycles. The van der Waals surface area contributed by atoms with Crippen LogP contribution in [0.2, 0.25) is 0 Å². The summed E-state index contributed by atoms with van der Waals surface area (Å²) in [6.07, 6.45) is 1.95. The van der Waals surface area contributed by atoms with Crippen LogP contribution < -0.4 is 5.32 Å². The Balaban J connectivity index is 1.51. The van der Waals surface area contributed by atoms with E-state index >= 15 is 0 Å². The Labute approximate surface area is 215 Å². The van der Waals surface area contributed by atoms with Crippen molar-refractivity contribution in [2.75, 3.05) is 25.0 Å². The van der Waals surface area contributed by atoms with Crippen LogP contribution in [0.5, 0.6) is 0 Å². The number of fused-ring (bicyclic) bond motifs is 1. The number of hydrogen-bond acceptors (Lipinski definition) is 4. The van der Waals surface area contributed by atoms with Gasteiger partial charge in [-0.1, -0.05) is 12.1 Å². The molecule has 0 aliphatic carbocycles. The molecule has 2 heterocycles. The van der Waals surface area contributed by atoms with Gasteiger partial charge in [-0.15, -0.1) is 0 Å². The van der Waals surface area contributed by atoms with E-state index in [0.29, 0.717) is 29.9 Å². The number of carbonyl (C=O) groups excluding carboxylic acids is 3. The number of ether oxygens (including phenoxy) is 1. The highest BCUT2D eigenvalue weighted by Gasteiger charge is 2.34. The summed E-state index contributed by atoms with van der Waals surface area (Å²) >= 11 is 0. The second-order valence-corrected chi connectivity index (χ2v) is 9.12. The molecule has 1 N–H and O–H groups in total. The molecule has 1 unspecified atom stereocenters. The average Bonchev–Trinajstić information content (AvgIpc) is 3.36. The van der Waals surface area contributed by atoms with Crippen LogP contribution in [0.1, 0.15) is 48.4 Å². The maximum atomic E-state index is 14.1. The molecular weight excluding hydrogens is 475 g/mol. The summed E-state index contributed by atoms with van der Waals surface area (Å²) in [5.74, 6) is -1.04. The van der Waals surface area contributed by atoms with Gasteiger partial charge >= 0.3 is 12.0 Å². The van der Waals surface area contributed by atoms with E-state index in [1.165, 1.54) is 17.0 Å². The molecule has 0 saturated carbocycles. The van der Waals surface area contributed by atoms with E-state index < -0.39 is 18.0 Å². The van der Waals surface area contributed by atoms with Crippen molar-refractivity contribution < 1.29 is 23.5 Å². The molecule has 37 heavy (non-hydrogen) atoms. The highest BCUT2D eigenvalue weighted by atomic mass is 19.1. The lowest BCUT2D eigenvalue weighted by molar-refractivity contribution is -0.134. The van der Waals surface area contributed by atoms with Gasteiger partial charge in [0.15, 0.2) is 0 Å². The van der Waals surface area contributed by atoms with Gasteiger partial charge in [0, 0.05) is 36.7 Å². The largest absolute Gasteiger partial charge is 0.462 e. The Hall–Kier alpha value is -4.14. The molecule has 1 atom stereocenters. The van der Waals surface area contributed by atoms with Crippen molar-refractivity contribution >= 4 is 23.6 Å². The number of nitrogens with zero attached hydrogens (tertiary/aromatic N) is 3. The van der Waals surface area contributed by atoms with Crippen molar-refractivity contribution in [2.45, 2.75) is 39.4 Å². The zero-order valence-electron chi connectivity index (χ0n) is 21.2. The molecule has 8 nitrogen and oxygen atoms in total. The summed E-state index contributed by atoms with van der Waals surface area (Å²) < 4.78 is 21.1. The summed E-state index contributed by atoms with van der Waals surface area (Å²) in [7, 11) is 0. The fourth-order valence-corrected chi connectivity index (χ4v) is 4.50. The fraction of sp³-hybridized carbons (Fsp3) is 0.321. The van der Waals surface area contributed by atoms with Gasteiger partial charge in [0.05, 0.1) is 18.2 Å². The third-order valence-corrected chi connectivity index (χ3v) is 6.36. The summed E-state index contributed by atoms with van der Waals surface area (Å²) in [5, 5.41) is 2.80. The molecule has 4 rings (SSSR count). The van der Waals surface area contributed by atoms with Crippen molar-refractivity contribution in [1.82, 2.24) is 14.4 Å². The van der Waals surface area contributed by atoms with Crippen LogP contribution in [0.3, 0.4) is 0 Å². The lowest BCUT2D eigenvalue weighted by Crippen LogP contribution is -2.50. The van der Waals surface area contributed by atoms with E-state index in [2.05, 4.69) is 9.88 Å². The number of halogens is 1. The molecule has 2 aromatic carbocycles. The number of anilines is 1. The van der Waals surface area contributed by atoms with Gasteiger partial charge in [0.1, 0.15) is 12.4 Å². The standard InChI is InChI=1S/C28H31FN4O4/c1-4-37-27(35)20-10-12-23(13-11-20)30-28(36)33(19(2)3)18-25(34)32-16-15-31-14-6-9-24(31)26(32)21-7-5-8-22(29)17-21/h5-14,17,19,26H,4,15-16,18H2,1-3H3,(H,30,36). The molecule has 194 valence electrons. The summed E-state index contributed by atoms with van der Waals surface area (Å²) in [4.78, 5) is 41.8. The molecule has 9 heteroatoms.